The summed E-state index contributed by atoms with van der Waals surface area (Å²) < 4.78 is 0. The summed E-state index contributed by atoms with van der Waals surface area (Å²) in [6, 6.07) is 15.5. The Balaban J connectivity index is 1.48. The first-order chi connectivity index (χ1) is 13.0. The number of carbonyl (C=O) groups excluding carboxylic acids is 1. The second-order valence-corrected chi connectivity index (χ2v) is 8.09. The summed E-state index contributed by atoms with van der Waals surface area (Å²) >= 11 is 0. The number of carbonyl (C=O) groups is 1. The van der Waals surface area contributed by atoms with Gasteiger partial charge in [-0.25, -0.2) is 4.79 Å². The molecular formula is C23H33N3O. The number of likely N-dealkylation sites (N-methyl/N-ethyl adjacent to an activating group) is 1. The van der Waals surface area contributed by atoms with Crippen LogP contribution >= 0.6 is 0 Å². The van der Waals surface area contributed by atoms with Crippen LogP contribution in [0, 0.1) is 5.92 Å². The van der Waals surface area contributed by atoms with Crippen LogP contribution in [0.1, 0.15) is 32.3 Å². The first-order valence-electron chi connectivity index (χ1n) is 10.2. The normalized spacial score (nSPS) is 18.0. The van der Waals surface area contributed by atoms with Crippen LogP contribution in [0.5, 0.6) is 0 Å². The number of fused-ring (bicyclic) bond motifs is 1. The lowest BCUT2D eigenvalue weighted by Crippen LogP contribution is -2.46. The number of hydrogen-bond acceptors (Lipinski definition) is 2. The molecule has 1 N–H and O–H groups in total. The van der Waals surface area contributed by atoms with Gasteiger partial charge in [0.25, 0.3) is 0 Å². The van der Waals surface area contributed by atoms with Crippen molar-refractivity contribution >= 4 is 16.8 Å². The molecule has 0 saturated carbocycles. The third kappa shape index (κ3) is 5.23. The fraction of sp³-hybridized carbons (Fsp3) is 0.522. The molecule has 1 heterocycles. The van der Waals surface area contributed by atoms with Crippen LogP contribution in [-0.4, -0.2) is 55.1 Å². The molecule has 4 heteroatoms. The summed E-state index contributed by atoms with van der Waals surface area (Å²) in [4.78, 5) is 16.8. The van der Waals surface area contributed by atoms with E-state index >= 15 is 0 Å². The van der Waals surface area contributed by atoms with Gasteiger partial charge in [0.2, 0.25) is 0 Å². The van der Waals surface area contributed by atoms with Gasteiger partial charge in [-0.15, -0.1) is 0 Å². The van der Waals surface area contributed by atoms with Crippen molar-refractivity contribution in [3.05, 3.63) is 48.0 Å². The van der Waals surface area contributed by atoms with Gasteiger partial charge in [-0.1, -0.05) is 42.5 Å². The lowest BCUT2D eigenvalue weighted by atomic mass is 9.97. The number of nitrogens with zero attached hydrogens (tertiary/aromatic N) is 2. The molecule has 0 radical (unpaired) electrons. The van der Waals surface area contributed by atoms with Crippen molar-refractivity contribution in [3.63, 3.8) is 0 Å². The second-order valence-electron chi connectivity index (χ2n) is 8.09. The topological polar surface area (TPSA) is 35.6 Å². The minimum Gasteiger partial charge on any atom is -0.338 e. The smallest absolute Gasteiger partial charge is 0.317 e. The summed E-state index contributed by atoms with van der Waals surface area (Å²) in [6.07, 6.45) is 3.31. The summed E-state index contributed by atoms with van der Waals surface area (Å²) in [5.74, 6) is 0.566. The predicted octanol–water partition coefficient (Wildman–Crippen LogP) is 4.14. The van der Waals surface area contributed by atoms with E-state index in [9.17, 15) is 4.79 Å². The molecular weight excluding hydrogens is 334 g/mol. The van der Waals surface area contributed by atoms with E-state index in [0.29, 0.717) is 12.0 Å². The Morgan fingerprint density at radius 3 is 2.81 bits per heavy atom. The number of rotatable bonds is 6. The van der Waals surface area contributed by atoms with E-state index in [0.717, 1.165) is 26.1 Å². The molecule has 1 aliphatic rings. The van der Waals surface area contributed by atoms with E-state index in [-0.39, 0.29) is 6.03 Å². The summed E-state index contributed by atoms with van der Waals surface area (Å²) in [5, 5.41) is 5.69. The zero-order valence-electron chi connectivity index (χ0n) is 16.9. The molecule has 0 aliphatic carbocycles. The number of hydrogen-bond donors (Lipinski definition) is 1. The zero-order chi connectivity index (χ0) is 19.2. The van der Waals surface area contributed by atoms with Crippen molar-refractivity contribution in [2.24, 2.45) is 5.92 Å². The Bertz CT molecular complexity index is 753. The SMILES string of the molecule is CC(C)N1CCCC(CNC(=O)N(C)CCc2cccc3ccccc23)C1. The number of amides is 2. The number of nitrogens with one attached hydrogen (secondary N) is 1. The first kappa shape index (κ1) is 19.7. The van der Waals surface area contributed by atoms with Crippen molar-refractivity contribution in [2.75, 3.05) is 33.2 Å². The zero-order valence-corrected chi connectivity index (χ0v) is 16.9. The Morgan fingerprint density at radius 1 is 1.22 bits per heavy atom. The molecule has 1 aliphatic heterocycles. The number of urea groups is 1. The van der Waals surface area contributed by atoms with E-state index in [4.69, 9.17) is 0 Å². The fourth-order valence-electron chi connectivity index (χ4n) is 4.00. The minimum absolute atomic E-state index is 0.0388. The van der Waals surface area contributed by atoms with E-state index in [1.807, 2.05) is 11.9 Å². The molecule has 0 spiro atoms. The monoisotopic (exact) mass is 367 g/mol. The van der Waals surface area contributed by atoms with Gasteiger partial charge in [0.1, 0.15) is 0 Å². The molecule has 2 aromatic carbocycles. The van der Waals surface area contributed by atoms with E-state index < -0.39 is 0 Å². The van der Waals surface area contributed by atoms with Crippen molar-refractivity contribution < 1.29 is 4.79 Å². The van der Waals surface area contributed by atoms with Gasteiger partial charge in [0.05, 0.1) is 0 Å². The third-order valence-electron chi connectivity index (χ3n) is 5.77. The fourth-order valence-corrected chi connectivity index (χ4v) is 4.00. The Hall–Kier alpha value is -2.07. The Morgan fingerprint density at radius 2 is 2.00 bits per heavy atom. The average molecular weight is 368 g/mol. The molecule has 1 saturated heterocycles. The second kappa shape index (κ2) is 9.23. The summed E-state index contributed by atoms with van der Waals surface area (Å²) in [5.41, 5.74) is 1.30. The minimum atomic E-state index is 0.0388. The van der Waals surface area contributed by atoms with Gasteiger partial charge in [-0.2, -0.15) is 0 Å². The van der Waals surface area contributed by atoms with E-state index in [2.05, 4.69) is 66.5 Å². The van der Waals surface area contributed by atoms with Crippen molar-refractivity contribution in [3.8, 4) is 0 Å². The molecule has 4 nitrogen and oxygen atoms in total. The molecule has 27 heavy (non-hydrogen) atoms. The van der Waals surface area contributed by atoms with Crippen molar-refractivity contribution in [1.29, 1.82) is 0 Å². The first-order valence-corrected chi connectivity index (χ1v) is 10.2. The van der Waals surface area contributed by atoms with E-state index in [1.54, 1.807) is 0 Å². The van der Waals surface area contributed by atoms with Crippen LogP contribution in [0.4, 0.5) is 4.79 Å². The summed E-state index contributed by atoms with van der Waals surface area (Å²) in [7, 11) is 1.89. The molecule has 0 aromatic heterocycles. The van der Waals surface area contributed by atoms with Gasteiger partial charge < -0.3 is 15.1 Å². The highest BCUT2D eigenvalue weighted by molar-refractivity contribution is 5.85. The largest absolute Gasteiger partial charge is 0.338 e. The molecule has 2 aromatic rings. The highest BCUT2D eigenvalue weighted by atomic mass is 16.2. The van der Waals surface area contributed by atoms with Crippen LogP contribution in [0.2, 0.25) is 0 Å². The highest BCUT2D eigenvalue weighted by Gasteiger charge is 2.22. The van der Waals surface area contributed by atoms with Crippen molar-refractivity contribution in [1.82, 2.24) is 15.1 Å². The van der Waals surface area contributed by atoms with Crippen molar-refractivity contribution in [2.45, 2.75) is 39.2 Å². The van der Waals surface area contributed by atoms with Gasteiger partial charge in [-0.05, 0) is 61.9 Å². The molecule has 3 rings (SSSR count). The molecule has 146 valence electrons. The quantitative estimate of drug-likeness (QED) is 0.833. The van der Waals surface area contributed by atoms with Gasteiger partial charge >= 0.3 is 6.03 Å². The lowest BCUT2D eigenvalue weighted by molar-refractivity contribution is 0.137. The maximum atomic E-state index is 12.5. The molecule has 1 unspecified atom stereocenters. The summed E-state index contributed by atoms with van der Waals surface area (Å²) in [6.45, 7) is 8.29. The maximum Gasteiger partial charge on any atom is 0.317 e. The third-order valence-corrected chi connectivity index (χ3v) is 5.77. The lowest BCUT2D eigenvalue weighted by Gasteiger charge is -2.35. The van der Waals surface area contributed by atoms with Gasteiger partial charge in [0.15, 0.2) is 0 Å². The standard InChI is InChI=1S/C23H33N3O/c1-18(2)26-14-7-8-19(17-26)16-24-23(27)25(3)15-13-21-11-6-10-20-9-4-5-12-22(20)21/h4-6,9-12,18-19H,7-8,13-17H2,1-3H3,(H,24,27). The van der Waals surface area contributed by atoms with Crippen LogP contribution in [0.15, 0.2) is 42.5 Å². The van der Waals surface area contributed by atoms with Gasteiger partial charge in [-0.3, -0.25) is 0 Å². The Labute approximate surface area is 163 Å². The van der Waals surface area contributed by atoms with Crippen LogP contribution in [-0.2, 0) is 6.42 Å². The number of benzene rings is 2. The van der Waals surface area contributed by atoms with Crippen LogP contribution < -0.4 is 5.32 Å². The Kier molecular flexibility index (Phi) is 6.73. The van der Waals surface area contributed by atoms with E-state index in [1.165, 1.54) is 35.7 Å². The van der Waals surface area contributed by atoms with Crippen LogP contribution in [0.3, 0.4) is 0 Å². The molecule has 1 fully saturated rings. The maximum absolute atomic E-state index is 12.5. The predicted molar refractivity (Wildman–Crippen MR) is 113 cm³/mol. The highest BCUT2D eigenvalue weighted by Crippen LogP contribution is 2.19. The molecule has 0 bridgehead atoms. The average Bonchev–Trinajstić information content (AvgIpc) is 2.70. The number of piperidine rings is 1. The molecule has 1 atom stereocenters. The number of likely N-dealkylation sites (tertiary alicyclic amines) is 1. The molecule has 2 amide bonds. The van der Waals surface area contributed by atoms with Crippen LogP contribution in [0.25, 0.3) is 10.8 Å². The van der Waals surface area contributed by atoms with Gasteiger partial charge in [0, 0.05) is 32.7 Å².